The van der Waals surface area contributed by atoms with Crippen LogP contribution in [0.5, 0.6) is 0 Å². The van der Waals surface area contributed by atoms with E-state index in [0.717, 1.165) is 19.3 Å². The number of amides is 2. The van der Waals surface area contributed by atoms with Crippen molar-refractivity contribution in [2.45, 2.75) is 25.7 Å². The van der Waals surface area contributed by atoms with Gasteiger partial charge in [0.05, 0.1) is 17.8 Å². The van der Waals surface area contributed by atoms with Crippen LogP contribution in [0.25, 0.3) is 0 Å². The SMILES string of the molecule is O=C(NCC1CCCCC1C(=O)O)Nc1cccnc1. The van der Waals surface area contributed by atoms with Gasteiger partial charge in [-0.05, 0) is 30.9 Å². The van der Waals surface area contributed by atoms with E-state index in [0.29, 0.717) is 18.7 Å². The summed E-state index contributed by atoms with van der Waals surface area (Å²) >= 11 is 0. The average molecular weight is 277 g/mol. The van der Waals surface area contributed by atoms with E-state index < -0.39 is 5.97 Å². The van der Waals surface area contributed by atoms with Crippen molar-refractivity contribution in [2.24, 2.45) is 11.8 Å². The molecule has 1 saturated carbocycles. The second kappa shape index (κ2) is 6.88. The molecule has 1 heterocycles. The molecule has 0 saturated heterocycles. The third-order valence-corrected chi connectivity index (χ3v) is 3.67. The molecule has 6 heteroatoms. The Hall–Kier alpha value is -2.11. The van der Waals surface area contributed by atoms with Crippen LogP contribution >= 0.6 is 0 Å². The van der Waals surface area contributed by atoms with Crippen molar-refractivity contribution in [3.05, 3.63) is 24.5 Å². The molecule has 0 spiro atoms. The Morgan fingerprint density at radius 1 is 1.35 bits per heavy atom. The van der Waals surface area contributed by atoms with Crippen molar-refractivity contribution in [1.29, 1.82) is 0 Å². The van der Waals surface area contributed by atoms with Gasteiger partial charge in [0, 0.05) is 12.7 Å². The topological polar surface area (TPSA) is 91.3 Å². The summed E-state index contributed by atoms with van der Waals surface area (Å²) in [5, 5.41) is 14.6. The number of pyridine rings is 1. The second-order valence-corrected chi connectivity index (χ2v) is 5.07. The summed E-state index contributed by atoms with van der Waals surface area (Å²) in [7, 11) is 0. The van der Waals surface area contributed by atoms with Crippen molar-refractivity contribution >= 4 is 17.7 Å². The number of hydrogen-bond donors (Lipinski definition) is 3. The average Bonchev–Trinajstić information content (AvgIpc) is 2.46. The Morgan fingerprint density at radius 3 is 2.85 bits per heavy atom. The van der Waals surface area contributed by atoms with Crippen molar-refractivity contribution in [2.75, 3.05) is 11.9 Å². The van der Waals surface area contributed by atoms with E-state index in [1.54, 1.807) is 24.5 Å². The zero-order valence-electron chi connectivity index (χ0n) is 11.2. The van der Waals surface area contributed by atoms with Crippen LogP contribution in [-0.4, -0.2) is 28.6 Å². The lowest BCUT2D eigenvalue weighted by atomic mass is 9.79. The normalized spacial score (nSPS) is 22.0. The number of rotatable bonds is 4. The number of nitrogens with one attached hydrogen (secondary N) is 2. The number of carbonyl (C=O) groups is 2. The predicted molar refractivity (Wildman–Crippen MR) is 74.3 cm³/mol. The molecule has 2 unspecified atom stereocenters. The Kier molecular flexibility index (Phi) is 4.92. The summed E-state index contributed by atoms with van der Waals surface area (Å²) < 4.78 is 0. The summed E-state index contributed by atoms with van der Waals surface area (Å²) in [6.07, 6.45) is 6.72. The standard InChI is InChI=1S/C14H19N3O3/c18-13(19)12-6-2-1-4-10(12)8-16-14(20)17-11-5-3-7-15-9-11/h3,5,7,9-10,12H,1-2,4,6,8H2,(H,18,19)(H2,16,17,20). The first-order chi connectivity index (χ1) is 9.66. The van der Waals surface area contributed by atoms with E-state index in [2.05, 4.69) is 15.6 Å². The van der Waals surface area contributed by atoms with E-state index in [9.17, 15) is 14.7 Å². The van der Waals surface area contributed by atoms with Crippen LogP contribution < -0.4 is 10.6 Å². The fourth-order valence-electron chi connectivity index (χ4n) is 2.61. The number of aliphatic carboxylic acids is 1. The first-order valence-corrected chi connectivity index (χ1v) is 6.84. The fraction of sp³-hybridized carbons (Fsp3) is 0.500. The van der Waals surface area contributed by atoms with E-state index in [1.165, 1.54) is 0 Å². The first kappa shape index (κ1) is 14.3. The van der Waals surface area contributed by atoms with Crippen molar-refractivity contribution < 1.29 is 14.7 Å². The van der Waals surface area contributed by atoms with Crippen molar-refractivity contribution in [3.63, 3.8) is 0 Å². The highest BCUT2D eigenvalue weighted by atomic mass is 16.4. The second-order valence-electron chi connectivity index (χ2n) is 5.07. The lowest BCUT2D eigenvalue weighted by Gasteiger charge is -2.28. The molecule has 20 heavy (non-hydrogen) atoms. The minimum Gasteiger partial charge on any atom is -0.481 e. The number of aromatic nitrogens is 1. The van der Waals surface area contributed by atoms with Crippen molar-refractivity contribution in [1.82, 2.24) is 10.3 Å². The van der Waals surface area contributed by atoms with Crippen molar-refractivity contribution in [3.8, 4) is 0 Å². The molecule has 6 nitrogen and oxygen atoms in total. The molecule has 1 aliphatic carbocycles. The predicted octanol–water partition coefficient (Wildman–Crippen LogP) is 2.09. The molecule has 0 aliphatic heterocycles. The lowest BCUT2D eigenvalue weighted by Crippen LogP contribution is -2.38. The van der Waals surface area contributed by atoms with Gasteiger partial charge in [0.25, 0.3) is 0 Å². The van der Waals surface area contributed by atoms with Crippen LogP contribution in [0, 0.1) is 11.8 Å². The van der Waals surface area contributed by atoms with Gasteiger partial charge >= 0.3 is 12.0 Å². The number of hydrogen-bond acceptors (Lipinski definition) is 3. The molecule has 0 radical (unpaired) electrons. The number of nitrogens with zero attached hydrogens (tertiary/aromatic N) is 1. The molecule has 0 aromatic carbocycles. The lowest BCUT2D eigenvalue weighted by molar-refractivity contribution is -0.144. The molecule has 1 fully saturated rings. The fourth-order valence-corrected chi connectivity index (χ4v) is 2.61. The number of carbonyl (C=O) groups excluding carboxylic acids is 1. The van der Waals surface area contributed by atoms with Gasteiger partial charge in [-0.2, -0.15) is 0 Å². The molecule has 1 aromatic rings. The molecule has 0 bridgehead atoms. The largest absolute Gasteiger partial charge is 0.481 e. The Bertz CT molecular complexity index is 464. The summed E-state index contributed by atoms with van der Waals surface area (Å²) in [6, 6.07) is 3.15. The maximum absolute atomic E-state index is 11.7. The molecule has 3 N–H and O–H groups in total. The minimum absolute atomic E-state index is 0.0147. The van der Waals surface area contributed by atoms with Gasteiger partial charge in [0.2, 0.25) is 0 Å². The molecule has 2 atom stereocenters. The van der Waals surface area contributed by atoms with Crippen LogP contribution in [-0.2, 0) is 4.79 Å². The minimum atomic E-state index is -0.760. The highest BCUT2D eigenvalue weighted by Gasteiger charge is 2.30. The Balaban J connectivity index is 1.81. The molecule has 108 valence electrons. The number of carboxylic acids is 1. The molecule has 1 aliphatic rings. The zero-order chi connectivity index (χ0) is 14.4. The van der Waals surface area contributed by atoms with Crippen LogP contribution in [0.4, 0.5) is 10.5 Å². The molecule has 1 aromatic heterocycles. The van der Waals surface area contributed by atoms with E-state index in [1.807, 2.05) is 0 Å². The number of carboxylic acid groups (broad SMARTS) is 1. The Morgan fingerprint density at radius 2 is 2.15 bits per heavy atom. The van der Waals surface area contributed by atoms with Gasteiger partial charge in [0.1, 0.15) is 0 Å². The van der Waals surface area contributed by atoms with Crippen LogP contribution in [0.15, 0.2) is 24.5 Å². The van der Waals surface area contributed by atoms with E-state index >= 15 is 0 Å². The zero-order valence-corrected chi connectivity index (χ0v) is 11.2. The van der Waals surface area contributed by atoms with Gasteiger partial charge in [0.15, 0.2) is 0 Å². The van der Waals surface area contributed by atoms with E-state index in [4.69, 9.17) is 0 Å². The quantitative estimate of drug-likeness (QED) is 0.786. The highest BCUT2D eigenvalue weighted by molar-refractivity contribution is 5.88. The van der Waals surface area contributed by atoms with Gasteiger partial charge < -0.3 is 15.7 Å². The smallest absolute Gasteiger partial charge is 0.319 e. The van der Waals surface area contributed by atoms with E-state index in [-0.39, 0.29) is 17.9 Å². The monoisotopic (exact) mass is 277 g/mol. The molecular weight excluding hydrogens is 258 g/mol. The third-order valence-electron chi connectivity index (χ3n) is 3.67. The van der Waals surface area contributed by atoms with Crippen LogP contribution in [0.2, 0.25) is 0 Å². The molecule has 2 amide bonds. The van der Waals surface area contributed by atoms with Gasteiger partial charge in [-0.3, -0.25) is 9.78 Å². The summed E-state index contributed by atoms with van der Waals surface area (Å²) in [5.74, 6) is -1.09. The summed E-state index contributed by atoms with van der Waals surface area (Å²) in [6.45, 7) is 0.392. The number of urea groups is 1. The van der Waals surface area contributed by atoms with Crippen LogP contribution in [0.3, 0.4) is 0 Å². The molecular formula is C14H19N3O3. The van der Waals surface area contributed by atoms with Crippen LogP contribution in [0.1, 0.15) is 25.7 Å². The number of anilines is 1. The third kappa shape index (κ3) is 3.94. The van der Waals surface area contributed by atoms with Gasteiger partial charge in [-0.25, -0.2) is 4.79 Å². The van der Waals surface area contributed by atoms with Gasteiger partial charge in [-0.15, -0.1) is 0 Å². The maximum Gasteiger partial charge on any atom is 0.319 e. The maximum atomic E-state index is 11.7. The molecule has 2 rings (SSSR count). The summed E-state index contributed by atoms with van der Waals surface area (Å²) in [5.41, 5.74) is 0.614. The first-order valence-electron chi connectivity index (χ1n) is 6.84. The summed E-state index contributed by atoms with van der Waals surface area (Å²) in [4.78, 5) is 26.8. The highest BCUT2D eigenvalue weighted by Crippen LogP contribution is 2.29. The Labute approximate surface area is 117 Å². The van der Waals surface area contributed by atoms with Gasteiger partial charge in [-0.1, -0.05) is 12.8 Å².